The largest absolute Gasteiger partial charge is 0.313 e. The molecule has 1 aliphatic heterocycles. The molecule has 0 radical (unpaired) electrons. The van der Waals surface area contributed by atoms with E-state index >= 15 is 4.39 Å². The van der Waals surface area contributed by atoms with Gasteiger partial charge < -0.3 is 5.32 Å². The predicted molar refractivity (Wildman–Crippen MR) is 101 cm³/mol. The van der Waals surface area contributed by atoms with Crippen LogP contribution in [-0.2, 0) is 6.54 Å². The highest BCUT2D eigenvalue weighted by molar-refractivity contribution is 5.62. The molecule has 4 rings (SSSR count). The van der Waals surface area contributed by atoms with E-state index in [4.69, 9.17) is 0 Å². The fraction of sp³-hybridized carbons (Fsp3) is 0.273. The van der Waals surface area contributed by atoms with Gasteiger partial charge in [0.05, 0.1) is 11.4 Å². The van der Waals surface area contributed by atoms with Gasteiger partial charge in [0.2, 0.25) is 0 Å². The average Bonchev–Trinajstić information content (AvgIpc) is 2.86. The van der Waals surface area contributed by atoms with Crippen molar-refractivity contribution >= 4 is 0 Å². The van der Waals surface area contributed by atoms with Gasteiger partial charge in [-0.3, -0.25) is 0 Å². The van der Waals surface area contributed by atoms with E-state index in [0.29, 0.717) is 35.5 Å². The minimum absolute atomic E-state index is 0.178. The summed E-state index contributed by atoms with van der Waals surface area (Å²) in [5.41, 5.74) is 4.62. The lowest BCUT2D eigenvalue weighted by molar-refractivity contribution is 0.578. The van der Waals surface area contributed by atoms with Gasteiger partial charge in [-0.05, 0) is 67.8 Å². The van der Waals surface area contributed by atoms with Gasteiger partial charge in [0.1, 0.15) is 11.6 Å². The number of rotatable bonds is 2. The number of nitrogens with one attached hydrogen (secondary N) is 1. The molecule has 0 saturated carbocycles. The molecule has 1 aromatic heterocycles. The molecule has 2 aromatic carbocycles. The molecule has 3 aromatic rings. The van der Waals surface area contributed by atoms with E-state index in [1.165, 1.54) is 0 Å². The molecule has 27 heavy (non-hydrogen) atoms. The van der Waals surface area contributed by atoms with Crippen molar-refractivity contribution in [2.24, 2.45) is 0 Å². The molecule has 1 aliphatic rings. The molecular formula is C22H21F2N3. The lowest BCUT2D eigenvalue weighted by atomic mass is 9.85. The monoisotopic (exact) mass is 365 g/mol. The predicted octanol–water partition coefficient (Wildman–Crippen LogP) is 4.66. The van der Waals surface area contributed by atoms with Crippen molar-refractivity contribution in [1.29, 1.82) is 0 Å². The van der Waals surface area contributed by atoms with Crippen molar-refractivity contribution in [2.75, 3.05) is 6.54 Å². The third-order valence-corrected chi connectivity index (χ3v) is 5.17. The van der Waals surface area contributed by atoms with Crippen LogP contribution in [0.15, 0.2) is 42.5 Å². The Morgan fingerprint density at radius 3 is 2.52 bits per heavy atom. The summed E-state index contributed by atoms with van der Waals surface area (Å²) < 4.78 is 30.0. The van der Waals surface area contributed by atoms with Crippen LogP contribution in [0.5, 0.6) is 0 Å². The maximum atomic E-state index is 15.4. The van der Waals surface area contributed by atoms with Crippen molar-refractivity contribution in [3.8, 4) is 11.3 Å². The molecular weight excluding hydrogens is 344 g/mol. The number of benzene rings is 2. The van der Waals surface area contributed by atoms with Crippen molar-refractivity contribution < 1.29 is 8.78 Å². The molecule has 0 aliphatic carbocycles. The van der Waals surface area contributed by atoms with Crippen LogP contribution < -0.4 is 5.32 Å². The summed E-state index contributed by atoms with van der Waals surface area (Å²) in [4.78, 5) is 0. The van der Waals surface area contributed by atoms with Gasteiger partial charge in [-0.15, -0.1) is 0 Å². The third-order valence-electron chi connectivity index (χ3n) is 5.17. The lowest BCUT2D eigenvalue weighted by Gasteiger charge is -2.20. The second-order valence-corrected chi connectivity index (χ2v) is 7.10. The van der Waals surface area contributed by atoms with Crippen LogP contribution in [-0.4, -0.2) is 16.7 Å². The van der Waals surface area contributed by atoms with E-state index in [0.717, 1.165) is 23.2 Å². The molecule has 5 heteroatoms. The molecule has 2 heterocycles. The van der Waals surface area contributed by atoms with Gasteiger partial charge in [-0.1, -0.05) is 18.2 Å². The zero-order valence-corrected chi connectivity index (χ0v) is 15.4. The highest BCUT2D eigenvalue weighted by atomic mass is 19.1. The first kappa shape index (κ1) is 17.7. The SMILES string of the molecule is Cc1ccc(C2CCNCc3c2ccc(-c2ccc(C)nn2)c3F)c(F)c1. The Balaban J connectivity index is 1.83. The standard InChI is InChI=1S/C22H21F2N3/c1-13-3-5-17(20(23)11-13)16-9-10-25-12-19-15(16)6-7-18(22(19)24)21-8-4-14(2)26-27-21/h3-8,11,16,25H,9-10,12H2,1-2H3. The summed E-state index contributed by atoms with van der Waals surface area (Å²) in [6, 6.07) is 12.5. The Bertz CT molecular complexity index is 984. The fourth-order valence-corrected chi connectivity index (χ4v) is 3.74. The quantitative estimate of drug-likeness (QED) is 0.717. The second kappa shape index (κ2) is 7.16. The molecule has 1 atom stereocenters. The lowest BCUT2D eigenvalue weighted by Crippen LogP contribution is -2.13. The summed E-state index contributed by atoms with van der Waals surface area (Å²) in [6.07, 6.45) is 0.718. The Kier molecular flexibility index (Phi) is 4.70. The van der Waals surface area contributed by atoms with Gasteiger partial charge in [0, 0.05) is 23.6 Å². The van der Waals surface area contributed by atoms with Crippen molar-refractivity contribution in [2.45, 2.75) is 32.7 Å². The number of aromatic nitrogens is 2. The highest BCUT2D eigenvalue weighted by Crippen LogP contribution is 2.37. The second-order valence-electron chi connectivity index (χ2n) is 7.10. The number of nitrogens with zero attached hydrogens (tertiary/aromatic N) is 2. The van der Waals surface area contributed by atoms with Gasteiger partial charge in [0.15, 0.2) is 0 Å². The molecule has 0 saturated heterocycles. The first-order chi connectivity index (χ1) is 13.0. The third kappa shape index (κ3) is 3.35. The summed E-state index contributed by atoms with van der Waals surface area (Å²) in [5.74, 6) is -0.720. The Morgan fingerprint density at radius 1 is 0.963 bits per heavy atom. The highest BCUT2D eigenvalue weighted by Gasteiger charge is 2.26. The van der Waals surface area contributed by atoms with Crippen LogP contribution in [0.3, 0.4) is 0 Å². The van der Waals surface area contributed by atoms with Crippen LogP contribution in [0.25, 0.3) is 11.3 Å². The minimum Gasteiger partial charge on any atom is -0.313 e. The van der Waals surface area contributed by atoms with Crippen molar-refractivity contribution in [1.82, 2.24) is 15.5 Å². The summed E-state index contributed by atoms with van der Waals surface area (Å²) in [5, 5.41) is 11.4. The normalized spacial score (nSPS) is 16.7. The summed E-state index contributed by atoms with van der Waals surface area (Å²) in [7, 11) is 0. The molecule has 1 unspecified atom stereocenters. The zero-order valence-electron chi connectivity index (χ0n) is 15.4. The summed E-state index contributed by atoms with van der Waals surface area (Å²) in [6.45, 7) is 4.82. The number of hydrogen-bond acceptors (Lipinski definition) is 3. The number of fused-ring (bicyclic) bond motifs is 1. The average molecular weight is 365 g/mol. The van der Waals surface area contributed by atoms with Crippen LogP contribution in [0.4, 0.5) is 8.78 Å². The smallest absolute Gasteiger partial charge is 0.137 e. The van der Waals surface area contributed by atoms with Crippen molar-refractivity contribution in [3.63, 3.8) is 0 Å². The molecule has 138 valence electrons. The molecule has 1 N–H and O–H groups in total. The van der Waals surface area contributed by atoms with E-state index < -0.39 is 0 Å². The Labute approximate surface area is 157 Å². The number of hydrogen-bond donors (Lipinski definition) is 1. The minimum atomic E-state index is -0.308. The van der Waals surface area contributed by atoms with E-state index in [2.05, 4.69) is 15.5 Å². The molecule has 3 nitrogen and oxygen atoms in total. The van der Waals surface area contributed by atoms with E-state index in [1.54, 1.807) is 18.2 Å². The van der Waals surface area contributed by atoms with E-state index in [-0.39, 0.29) is 17.6 Å². The van der Waals surface area contributed by atoms with Crippen molar-refractivity contribution in [3.05, 3.63) is 82.0 Å². The van der Waals surface area contributed by atoms with Gasteiger partial charge in [-0.25, -0.2) is 8.78 Å². The topological polar surface area (TPSA) is 37.8 Å². The van der Waals surface area contributed by atoms with Crippen LogP contribution in [0, 0.1) is 25.5 Å². The van der Waals surface area contributed by atoms with E-state index in [9.17, 15) is 4.39 Å². The zero-order chi connectivity index (χ0) is 19.0. The maximum Gasteiger partial charge on any atom is 0.137 e. The first-order valence-electron chi connectivity index (χ1n) is 9.13. The van der Waals surface area contributed by atoms with Crippen LogP contribution in [0.2, 0.25) is 0 Å². The maximum absolute atomic E-state index is 15.4. The van der Waals surface area contributed by atoms with Gasteiger partial charge >= 0.3 is 0 Å². The first-order valence-corrected chi connectivity index (χ1v) is 9.13. The molecule has 0 bridgehead atoms. The summed E-state index contributed by atoms with van der Waals surface area (Å²) >= 11 is 0. The Hall–Kier alpha value is -2.66. The van der Waals surface area contributed by atoms with Crippen LogP contribution in [0.1, 0.15) is 40.3 Å². The number of aryl methyl sites for hydroxylation is 2. The fourth-order valence-electron chi connectivity index (χ4n) is 3.74. The number of halogens is 2. The Morgan fingerprint density at radius 2 is 1.78 bits per heavy atom. The van der Waals surface area contributed by atoms with E-state index in [1.807, 2.05) is 38.1 Å². The molecule has 0 spiro atoms. The van der Waals surface area contributed by atoms with Gasteiger partial charge in [-0.2, -0.15) is 10.2 Å². The van der Waals surface area contributed by atoms with Crippen LogP contribution >= 0.6 is 0 Å². The molecule has 0 fully saturated rings. The van der Waals surface area contributed by atoms with Gasteiger partial charge in [0.25, 0.3) is 0 Å². The molecule has 0 amide bonds.